The number of aromatic nitrogens is 2. The zero-order chi connectivity index (χ0) is 13.0. The van der Waals surface area contributed by atoms with Crippen LogP contribution >= 0.6 is 0 Å². The van der Waals surface area contributed by atoms with Gasteiger partial charge in [0.05, 0.1) is 6.54 Å². The van der Waals surface area contributed by atoms with Gasteiger partial charge < -0.3 is 15.5 Å². The van der Waals surface area contributed by atoms with Gasteiger partial charge in [-0.1, -0.05) is 0 Å². The van der Waals surface area contributed by atoms with Crippen LogP contribution in [-0.4, -0.2) is 59.9 Å². The molecule has 0 amide bonds. The maximum Gasteiger partial charge on any atom is 0.145 e. The van der Waals surface area contributed by atoms with Crippen molar-refractivity contribution in [2.24, 2.45) is 5.92 Å². The number of hydrogen-bond donors (Lipinski definition) is 1. The van der Waals surface area contributed by atoms with Crippen molar-refractivity contribution in [3.05, 3.63) is 12.3 Å². The molecule has 2 N–H and O–H groups in total. The van der Waals surface area contributed by atoms with Crippen molar-refractivity contribution in [2.75, 3.05) is 46.0 Å². The summed E-state index contributed by atoms with van der Waals surface area (Å²) in [6.45, 7) is 5.64. The molecular weight excluding hydrogens is 226 g/mol. The standard InChI is InChI=1S/C13H25N5/c1-16-6-3-12(4-7-16)11-17(2)9-10-18-8-5-13(14)15-18/h5,8,12H,3-4,6-7,9-11H2,1-2H3,(H2,14,15). The van der Waals surface area contributed by atoms with E-state index in [1.54, 1.807) is 0 Å². The molecule has 1 aromatic heterocycles. The molecule has 0 aromatic carbocycles. The number of hydrogen-bond acceptors (Lipinski definition) is 4. The van der Waals surface area contributed by atoms with Crippen molar-refractivity contribution < 1.29 is 0 Å². The molecule has 1 aromatic rings. The van der Waals surface area contributed by atoms with Gasteiger partial charge in [0.15, 0.2) is 0 Å². The molecule has 2 heterocycles. The van der Waals surface area contributed by atoms with Crippen LogP contribution in [0.3, 0.4) is 0 Å². The average molecular weight is 251 g/mol. The Morgan fingerprint density at radius 3 is 2.78 bits per heavy atom. The summed E-state index contributed by atoms with van der Waals surface area (Å²) in [5.41, 5.74) is 5.60. The maximum absolute atomic E-state index is 5.60. The van der Waals surface area contributed by atoms with Crippen LogP contribution in [0.2, 0.25) is 0 Å². The summed E-state index contributed by atoms with van der Waals surface area (Å²) in [4.78, 5) is 4.83. The van der Waals surface area contributed by atoms with Gasteiger partial charge >= 0.3 is 0 Å². The third-order valence-electron chi connectivity index (χ3n) is 3.78. The fourth-order valence-electron chi connectivity index (χ4n) is 2.55. The summed E-state index contributed by atoms with van der Waals surface area (Å²) in [5.74, 6) is 1.46. The number of anilines is 1. The van der Waals surface area contributed by atoms with Crippen LogP contribution in [-0.2, 0) is 6.54 Å². The molecule has 102 valence electrons. The van der Waals surface area contributed by atoms with Crippen molar-refractivity contribution >= 4 is 5.82 Å². The normalized spacial score (nSPS) is 18.6. The molecule has 5 nitrogen and oxygen atoms in total. The Labute approximate surface area is 110 Å². The van der Waals surface area contributed by atoms with E-state index in [2.05, 4.69) is 29.0 Å². The smallest absolute Gasteiger partial charge is 0.145 e. The van der Waals surface area contributed by atoms with E-state index in [1.807, 2.05) is 16.9 Å². The van der Waals surface area contributed by atoms with Crippen LogP contribution in [0.15, 0.2) is 12.3 Å². The summed E-state index contributed by atoms with van der Waals surface area (Å²) < 4.78 is 1.92. The van der Waals surface area contributed by atoms with Crippen LogP contribution < -0.4 is 5.73 Å². The summed E-state index contributed by atoms with van der Waals surface area (Å²) in [6.07, 6.45) is 4.60. The SMILES string of the molecule is CN1CCC(CN(C)CCn2ccc(N)n2)CC1. The van der Waals surface area contributed by atoms with Crippen LogP contribution in [0.1, 0.15) is 12.8 Å². The first-order valence-corrected chi connectivity index (χ1v) is 6.79. The predicted octanol–water partition coefficient (Wildman–Crippen LogP) is 0.739. The number of piperidine rings is 1. The van der Waals surface area contributed by atoms with E-state index in [0.29, 0.717) is 5.82 Å². The Bertz CT molecular complexity index is 354. The molecule has 0 radical (unpaired) electrons. The van der Waals surface area contributed by atoms with Gasteiger partial charge in [0.2, 0.25) is 0 Å². The number of likely N-dealkylation sites (N-methyl/N-ethyl adjacent to an activating group) is 1. The summed E-state index contributed by atoms with van der Waals surface area (Å²) >= 11 is 0. The van der Waals surface area contributed by atoms with Gasteiger partial charge in [-0.15, -0.1) is 0 Å². The second kappa shape index (κ2) is 6.20. The molecule has 0 spiro atoms. The van der Waals surface area contributed by atoms with Crippen LogP contribution in [0, 0.1) is 5.92 Å². The molecule has 18 heavy (non-hydrogen) atoms. The highest BCUT2D eigenvalue weighted by Crippen LogP contribution is 2.16. The first-order valence-electron chi connectivity index (χ1n) is 6.79. The van der Waals surface area contributed by atoms with E-state index in [9.17, 15) is 0 Å². The van der Waals surface area contributed by atoms with Crippen LogP contribution in [0.5, 0.6) is 0 Å². The molecule has 0 aliphatic carbocycles. The van der Waals surface area contributed by atoms with Crippen molar-refractivity contribution in [2.45, 2.75) is 19.4 Å². The second-order valence-corrected chi connectivity index (χ2v) is 5.51. The van der Waals surface area contributed by atoms with Crippen LogP contribution in [0.4, 0.5) is 5.82 Å². The number of likely N-dealkylation sites (tertiary alicyclic amines) is 1. The molecule has 0 atom stereocenters. The number of nitrogens with zero attached hydrogens (tertiary/aromatic N) is 4. The van der Waals surface area contributed by atoms with Crippen molar-refractivity contribution in [3.63, 3.8) is 0 Å². The number of rotatable bonds is 5. The molecule has 1 saturated heterocycles. The zero-order valence-electron chi connectivity index (χ0n) is 11.5. The zero-order valence-corrected chi connectivity index (χ0v) is 11.5. The molecule has 5 heteroatoms. The highest BCUT2D eigenvalue weighted by molar-refractivity contribution is 5.23. The summed E-state index contributed by atoms with van der Waals surface area (Å²) in [6, 6.07) is 1.84. The molecule has 1 aliphatic heterocycles. The third kappa shape index (κ3) is 3.99. The van der Waals surface area contributed by atoms with Gasteiger partial charge in [0, 0.05) is 19.3 Å². The van der Waals surface area contributed by atoms with Crippen molar-refractivity contribution in [3.8, 4) is 0 Å². The molecule has 0 unspecified atom stereocenters. The first-order chi connectivity index (χ1) is 8.63. The van der Waals surface area contributed by atoms with Crippen LogP contribution in [0.25, 0.3) is 0 Å². The lowest BCUT2D eigenvalue weighted by Gasteiger charge is -2.31. The van der Waals surface area contributed by atoms with E-state index in [0.717, 1.165) is 19.0 Å². The minimum Gasteiger partial charge on any atom is -0.382 e. The quantitative estimate of drug-likeness (QED) is 0.838. The Kier molecular flexibility index (Phi) is 4.60. The lowest BCUT2D eigenvalue weighted by atomic mass is 9.97. The monoisotopic (exact) mass is 251 g/mol. The van der Waals surface area contributed by atoms with Gasteiger partial charge in [0.25, 0.3) is 0 Å². The topological polar surface area (TPSA) is 50.3 Å². The summed E-state index contributed by atoms with van der Waals surface area (Å²) in [5, 5.41) is 4.20. The molecule has 0 bridgehead atoms. The maximum atomic E-state index is 5.60. The van der Waals surface area contributed by atoms with Crippen molar-refractivity contribution in [1.29, 1.82) is 0 Å². The predicted molar refractivity (Wildman–Crippen MR) is 74.4 cm³/mol. The van der Waals surface area contributed by atoms with Gasteiger partial charge in [-0.05, 0) is 52.0 Å². The second-order valence-electron chi connectivity index (χ2n) is 5.51. The molecule has 0 saturated carbocycles. The van der Waals surface area contributed by atoms with E-state index in [1.165, 1.54) is 32.5 Å². The minimum atomic E-state index is 0.605. The average Bonchev–Trinajstić information content (AvgIpc) is 2.76. The Balaban J connectivity index is 1.67. The first kappa shape index (κ1) is 13.4. The lowest BCUT2D eigenvalue weighted by Crippen LogP contribution is -2.36. The number of nitrogen functional groups attached to an aromatic ring is 1. The molecular formula is C13H25N5. The highest BCUT2D eigenvalue weighted by atomic mass is 15.3. The largest absolute Gasteiger partial charge is 0.382 e. The molecule has 1 fully saturated rings. The van der Waals surface area contributed by atoms with E-state index in [4.69, 9.17) is 5.73 Å². The Hall–Kier alpha value is -1.07. The lowest BCUT2D eigenvalue weighted by molar-refractivity contribution is 0.173. The van der Waals surface area contributed by atoms with E-state index in [-0.39, 0.29) is 0 Å². The van der Waals surface area contributed by atoms with Gasteiger partial charge in [-0.25, -0.2) is 0 Å². The fourth-order valence-corrected chi connectivity index (χ4v) is 2.55. The van der Waals surface area contributed by atoms with Crippen molar-refractivity contribution in [1.82, 2.24) is 19.6 Å². The summed E-state index contributed by atoms with van der Waals surface area (Å²) in [7, 11) is 4.41. The van der Waals surface area contributed by atoms with E-state index < -0.39 is 0 Å². The Morgan fingerprint density at radius 2 is 2.17 bits per heavy atom. The van der Waals surface area contributed by atoms with Gasteiger partial charge in [-0.2, -0.15) is 5.10 Å². The third-order valence-corrected chi connectivity index (χ3v) is 3.78. The highest BCUT2D eigenvalue weighted by Gasteiger charge is 2.17. The minimum absolute atomic E-state index is 0.605. The van der Waals surface area contributed by atoms with E-state index >= 15 is 0 Å². The number of nitrogens with two attached hydrogens (primary N) is 1. The molecule has 2 rings (SSSR count). The fraction of sp³-hybridized carbons (Fsp3) is 0.769. The Morgan fingerprint density at radius 1 is 1.44 bits per heavy atom. The molecule has 1 aliphatic rings. The van der Waals surface area contributed by atoms with Gasteiger partial charge in [-0.3, -0.25) is 4.68 Å². The van der Waals surface area contributed by atoms with Gasteiger partial charge in [0.1, 0.15) is 5.82 Å².